The first-order chi connectivity index (χ1) is 7.53. The summed E-state index contributed by atoms with van der Waals surface area (Å²) in [5.41, 5.74) is -4.10. The lowest BCUT2D eigenvalue weighted by molar-refractivity contribution is -0.0329. The van der Waals surface area contributed by atoms with Gasteiger partial charge in [-0.3, -0.25) is 4.90 Å². The standard InChI is InChI=1S/C10H17ClF3NS/c11-5-4-9-3-1-2-6-15(9)7-8-16-10(12,13)14/h9H,1-8H2. The van der Waals surface area contributed by atoms with Gasteiger partial charge in [-0.15, -0.1) is 11.6 Å². The molecule has 1 saturated heterocycles. The maximum absolute atomic E-state index is 12.0. The maximum atomic E-state index is 12.0. The lowest BCUT2D eigenvalue weighted by Crippen LogP contribution is -2.41. The first kappa shape index (κ1) is 14.5. The molecular formula is C10H17ClF3NS. The number of halogens is 4. The molecule has 0 aromatic heterocycles. The Morgan fingerprint density at radius 1 is 1.31 bits per heavy atom. The Balaban J connectivity index is 2.27. The summed E-state index contributed by atoms with van der Waals surface area (Å²) in [6.07, 6.45) is 4.22. The molecule has 16 heavy (non-hydrogen) atoms. The summed E-state index contributed by atoms with van der Waals surface area (Å²) in [6.45, 7) is 1.44. The van der Waals surface area contributed by atoms with Gasteiger partial charge in [0.2, 0.25) is 0 Å². The quantitative estimate of drug-likeness (QED) is 0.704. The van der Waals surface area contributed by atoms with E-state index in [1.165, 1.54) is 6.42 Å². The van der Waals surface area contributed by atoms with Gasteiger partial charge in [-0.05, 0) is 37.6 Å². The maximum Gasteiger partial charge on any atom is 0.441 e. The molecule has 1 fully saturated rings. The van der Waals surface area contributed by atoms with Gasteiger partial charge in [0.1, 0.15) is 0 Å². The highest BCUT2D eigenvalue weighted by atomic mass is 35.5. The van der Waals surface area contributed by atoms with Crippen LogP contribution in [0, 0.1) is 0 Å². The van der Waals surface area contributed by atoms with Gasteiger partial charge in [-0.1, -0.05) is 6.42 Å². The molecule has 1 atom stereocenters. The van der Waals surface area contributed by atoms with Gasteiger partial charge in [-0.25, -0.2) is 0 Å². The molecule has 1 aliphatic rings. The van der Waals surface area contributed by atoms with E-state index in [1.807, 2.05) is 0 Å². The summed E-state index contributed by atoms with van der Waals surface area (Å²) < 4.78 is 35.9. The van der Waals surface area contributed by atoms with Crippen molar-refractivity contribution < 1.29 is 13.2 Å². The van der Waals surface area contributed by atoms with Crippen LogP contribution in [0.15, 0.2) is 0 Å². The molecule has 0 amide bonds. The predicted molar refractivity (Wildman–Crippen MR) is 63.1 cm³/mol. The molecular weight excluding hydrogens is 259 g/mol. The molecule has 0 aromatic carbocycles. The van der Waals surface area contributed by atoms with E-state index in [-0.39, 0.29) is 17.5 Å². The molecule has 0 N–H and O–H groups in total. The molecule has 0 bridgehead atoms. The topological polar surface area (TPSA) is 3.24 Å². The van der Waals surface area contributed by atoms with E-state index in [0.717, 1.165) is 25.8 Å². The van der Waals surface area contributed by atoms with Crippen LogP contribution < -0.4 is 0 Å². The fraction of sp³-hybridized carbons (Fsp3) is 1.00. The van der Waals surface area contributed by atoms with Crippen LogP contribution in [0.1, 0.15) is 25.7 Å². The van der Waals surface area contributed by atoms with Gasteiger partial charge in [0.15, 0.2) is 0 Å². The van der Waals surface area contributed by atoms with Crippen molar-refractivity contribution in [1.82, 2.24) is 4.90 Å². The first-order valence-electron chi connectivity index (χ1n) is 5.53. The SMILES string of the molecule is FC(F)(F)SCCN1CCCCC1CCCl. The van der Waals surface area contributed by atoms with Gasteiger partial charge < -0.3 is 0 Å². The van der Waals surface area contributed by atoms with Crippen molar-refractivity contribution in [3.05, 3.63) is 0 Å². The zero-order valence-electron chi connectivity index (χ0n) is 9.10. The van der Waals surface area contributed by atoms with Crippen LogP contribution in [-0.4, -0.2) is 41.2 Å². The van der Waals surface area contributed by atoms with E-state index >= 15 is 0 Å². The number of likely N-dealkylation sites (tertiary alicyclic amines) is 1. The number of nitrogens with zero attached hydrogens (tertiary/aromatic N) is 1. The average Bonchev–Trinajstić information content (AvgIpc) is 2.19. The fourth-order valence-corrected chi connectivity index (χ4v) is 2.90. The van der Waals surface area contributed by atoms with Crippen LogP contribution >= 0.6 is 23.4 Å². The number of alkyl halides is 4. The van der Waals surface area contributed by atoms with Gasteiger partial charge in [0.25, 0.3) is 0 Å². The van der Waals surface area contributed by atoms with E-state index in [1.54, 1.807) is 0 Å². The third-order valence-electron chi connectivity index (χ3n) is 2.84. The van der Waals surface area contributed by atoms with E-state index < -0.39 is 5.51 Å². The summed E-state index contributed by atoms with van der Waals surface area (Å²) in [5, 5.41) is 0. The van der Waals surface area contributed by atoms with Crippen LogP contribution in [0.25, 0.3) is 0 Å². The normalized spacial score (nSPS) is 23.6. The molecule has 6 heteroatoms. The minimum absolute atomic E-state index is 0.0727. The lowest BCUT2D eigenvalue weighted by atomic mass is 10.0. The van der Waals surface area contributed by atoms with Crippen molar-refractivity contribution in [2.45, 2.75) is 37.2 Å². The molecule has 0 radical (unpaired) electrons. The van der Waals surface area contributed by atoms with Crippen LogP contribution in [0.5, 0.6) is 0 Å². The molecule has 1 unspecified atom stereocenters. The van der Waals surface area contributed by atoms with E-state index in [0.29, 0.717) is 18.5 Å². The number of thioether (sulfide) groups is 1. The average molecular weight is 276 g/mol. The molecule has 1 nitrogen and oxygen atoms in total. The second-order valence-corrected chi connectivity index (χ2v) is 5.50. The zero-order valence-corrected chi connectivity index (χ0v) is 10.7. The van der Waals surface area contributed by atoms with E-state index in [2.05, 4.69) is 4.90 Å². The highest BCUT2D eigenvalue weighted by Crippen LogP contribution is 2.30. The third-order valence-corrected chi connectivity index (χ3v) is 3.77. The minimum Gasteiger partial charge on any atom is -0.300 e. The molecule has 0 aliphatic carbocycles. The van der Waals surface area contributed by atoms with Crippen molar-refractivity contribution in [3.8, 4) is 0 Å². The second-order valence-electron chi connectivity index (χ2n) is 3.96. The van der Waals surface area contributed by atoms with Gasteiger partial charge in [-0.2, -0.15) is 13.2 Å². The molecule has 0 aromatic rings. The number of hydrogen-bond donors (Lipinski definition) is 0. The highest BCUT2D eigenvalue weighted by molar-refractivity contribution is 8.00. The Morgan fingerprint density at radius 3 is 2.69 bits per heavy atom. The van der Waals surface area contributed by atoms with Crippen molar-refractivity contribution in [1.29, 1.82) is 0 Å². The van der Waals surface area contributed by atoms with Crippen LogP contribution in [-0.2, 0) is 0 Å². The molecule has 96 valence electrons. The number of piperidine rings is 1. The molecule has 0 spiro atoms. The fourth-order valence-electron chi connectivity index (χ4n) is 2.09. The Hall–Kier alpha value is 0.390. The Kier molecular flexibility index (Phi) is 6.29. The summed E-state index contributed by atoms with van der Waals surface area (Å²) in [7, 11) is 0. The van der Waals surface area contributed by atoms with Gasteiger partial charge >= 0.3 is 5.51 Å². The predicted octanol–water partition coefficient (Wildman–Crippen LogP) is 3.72. The monoisotopic (exact) mass is 275 g/mol. The Labute approximate surface area is 104 Å². The third kappa shape index (κ3) is 5.64. The summed E-state index contributed by atoms with van der Waals surface area (Å²) in [5.74, 6) is 0.718. The molecule has 1 aliphatic heterocycles. The van der Waals surface area contributed by atoms with E-state index in [9.17, 15) is 13.2 Å². The van der Waals surface area contributed by atoms with Gasteiger partial charge in [0.05, 0.1) is 0 Å². The lowest BCUT2D eigenvalue weighted by Gasteiger charge is -2.35. The summed E-state index contributed by atoms with van der Waals surface area (Å²) >= 11 is 5.77. The summed E-state index contributed by atoms with van der Waals surface area (Å²) in [6, 6.07) is 0.389. The first-order valence-corrected chi connectivity index (χ1v) is 7.05. The van der Waals surface area contributed by atoms with Gasteiger partial charge in [0, 0.05) is 24.2 Å². The highest BCUT2D eigenvalue weighted by Gasteiger charge is 2.29. The van der Waals surface area contributed by atoms with Crippen molar-refractivity contribution in [3.63, 3.8) is 0 Å². The van der Waals surface area contributed by atoms with Crippen LogP contribution in [0.2, 0.25) is 0 Å². The Bertz CT molecular complexity index is 199. The largest absolute Gasteiger partial charge is 0.441 e. The number of rotatable bonds is 5. The zero-order chi connectivity index (χ0) is 12.0. The van der Waals surface area contributed by atoms with Crippen molar-refractivity contribution in [2.24, 2.45) is 0 Å². The number of hydrogen-bond acceptors (Lipinski definition) is 2. The van der Waals surface area contributed by atoms with Crippen molar-refractivity contribution in [2.75, 3.05) is 24.7 Å². The second kappa shape index (κ2) is 6.97. The molecule has 1 heterocycles. The molecule has 0 saturated carbocycles. The van der Waals surface area contributed by atoms with Crippen LogP contribution in [0.3, 0.4) is 0 Å². The Morgan fingerprint density at radius 2 is 2.06 bits per heavy atom. The molecule has 1 rings (SSSR count). The summed E-state index contributed by atoms with van der Waals surface area (Å²) in [4.78, 5) is 2.16. The van der Waals surface area contributed by atoms with Crippen molar-refractivity contribution >= 4 is 23.4 Å². The smallest absolute Gasteiger partial charge is 0.300 e. The van der Waals surface area contributed by atoms with Crippen LogP contribution in [0.4, 0.5) is 13.2 Å². The van der Waals surface area contributed by atoms with E-state index in [4.69, 9.17) is 11.6 Å². The minimum atomic E-state index is -4.10.